The molecule has 0 saturated heterocycles. The minimum atomic E-state index is 0.438. The fraction of sp³-hybridized carbons (Fsp3) is 0.400. The molecule has 0 unspecified atom stereocenters. The van der Waals surface area contributed by atoms with Crippen molar-refractivity contribution in [3.8, 4) is 0 Å². The quantitative estimate of drug-likeness (QED) is 0.559. The van der Waals surface area contributed by atoms with Crippen LogP contribution in [0, 0.1) is 0 Å². The smallest absolute Gasteiger partial charge is 0.122 e. The van der Waals surface area contributed by atoms with Gasteiger partial charge in [0.1, 0.15) is 5.82 Å². The Morgan fingerprint density at radius 2 is 2.67 bits per heavy atom. The molecule has 1 aromatic heterocycles. The van der Waals surface area contributed by atoms with Crippen molar-refractivity contribution < 1.29 is 5.21 Å². The van der Waals surface area contributed by atoms with Gasteiger partial charge in [0, 0.05) is 19.4 Å². The van der Waals surface area contributed by atoms with Crippen LogP contribution < -0.4 is 0 Å². The lowest BCUT2D eigenvalue weighted by molar-refractivity contribution is -0.0748. The molecule has 2 N–H and O–H groups in total. The van der Waals surface area contributed by atoms with Gasteiger partial charge in [-0.15, -0.1) is 0 Å². The fourth-order valence-electron chi connectivity index (χ4n) is 0.601. The van der Waals surface area contributed by atoms with E-state index in [9.17, 15) is 0 Å². The Bertz CT molecular complexity index is 159. The van der Waals surface area contributed by atoms with Crippen molar-refractivity contribution in [1.82, 2.24) is 15.0 Å². The van der Waals surface area contributed by atoms with Crippen molar-refractivity contribution in [3.05, 3.63) is 18.2 Å². The molecule has 0 bridgehead atoms. The first-order valence-corrected chi connectivity index (χ1v) is 2.67. The van der Waals surface area contributed by atoms with Crippen LogP contribution in [0.25, 0.3) is 0 Å². The van der Waals surface area contributed by atoms with Crippen LogP contribution in [0.2, 0.25) is 0 Å². The standard InChI is InChI=1S/C5H9N3O/c1-8(9)4-5-6-2-3-7-5/h2-3,9H,4H2,1H3,(H,6,7). The van der Waals surface area contributed by atoms with Crippen molar-refractivity contribution in [3.63, 3.8) is 0 Å². The van der Waals surface area contributed by atoms with Crippen molar-refractivity contribution in [2.24, 2.45) is 0 Å². The number of nitrogens with zero attached hydrogens (tertiary/aromatic N) is 2. The molecular weight excluding hydrogens is 118 g/mol. The van der Waals surface area contributed by atoms with E-state index >= 15 is 0 Å². The summed E-state index contributed by atoms with van der Waals surface area (Å²) in [5.74, 6) is 0.764. The highest BCUT2D eigenvalue weighted by molar-refractivity contribution is 4.84. The summed E-state index contributed by atoms with van der Waals surface area (Å²) in [6.07, 6.45) is 3.37. The molecule has 0 aliphatic rings. The fourth-order valence-corrected chi connectivity index (χ4v) is 0.601. The minimum absolute atomic E-state index is 0.438. The van der Waals surface area contributed by atoms with Crippen LogP contribution in [0.3, 0.4) is 0 Å². The molecule has 9 heavy (non-hydrogen) atoms. The summed E-state index contributed by atoms with van der Waals surface area (Å²) in [5.41, 5.74) is 0. The highest BCUT2D eigenvalue weighted by Gasteiger charge is 1.95. The van der Waals surface area contributed by atoms with E-state index in [1.54, 1.807) is 19.4 Å². The van der Waals surface area contributed by atoms with Gasteiger partial charge in [0.05, 0.1) is 6.54 Å². The van der Waals surface area contributed by atoms with Crippen molar-refractivity contribution in [1.29, 1.82) is 0 Å². The lowest BCUT2D eigenvalue weighted by atomic mass is 10.6. The third kappa shape index (κ3) is 1.83. The molecule has 0 saturated carbocycles. The van der Waals surface area contributed by atoms with E-state index in [2.05, 4.69) is 9.97 Å². The largest absolute Gasteiger partial charge is 0.347 e. The normalized spacial score (nSPS) is 10.6. The van der Waals surface area contributed by atoms with E-state index in [0.717, 1.165) is 10.9 Å². The molecule has 0 amide bonds. The van der Waals surface area contributed by atoms with Crippen LogP contribution in [0.1, 0.15) is 5.82 Å². The summed E-state index contributed by atoms with van der Waals surface area (Å²) in [7, 11) is 1.57. The first-order valence-electron chi connectivity index (χ1n) is 2.67. The number of nitrogens with one attached hydrogen (secondary N) is 1. The predicted octanol–water partition coefficient (Wildman–Crippen LogP) is 0.231. The van der Waals surface area contributed by atoms with Gasteiger partial charge in [-0.3, -0.25) is 0 Å². The summed E-state index contributed by atoms with van der Waals surface area (Å²) in [4.78, 5) is 6.75. The van der Waals surface area contributed by atoms with E-state index in [1.165, 1.54) is 0 Å². The number of imidazole rings is 1. The Morgan fingerprint density at radius 1 is 1.89 bits per heavy atom. The number of hydrogen-bond donors (Lipinski definition) is 2. The zero-order valence-electron chi connectivity index (χ0n) is 5.20. The summed E-state index contributed by atoms with van der Waals surface area (Å²) < 4.78 is 0. The van der Waals surface area contributed by atoms with Gasteiger partial charge in [-0.2, -0.15) is 5.06 Å². The highest BCUT2D eigenvalue weighted by atomic mass is 16.5. The second-order valence-electron chi connectivity index (χ2n) is 1.85. The molecule has 1 aromatic rings. The van der Waals surface area contributed by atoms with E-state index in [1.807, 2.05) is 0 Å². The van der Waals surface area contributed by atoms with Gasteiger partial charge < -0.3 is 10.2 Å². The third-order valence-electron chi connectivity index (χ3n) is 0.933. The number of hydrogen-bond acceptors (Lipinski definition) is 3. The van der Waals surface area contributed by atoms with Crippen molar-refractivity contribution >= 4 is 0 Å². The number of aromatic nitrogens is 2. The summed E-state index contributed by atoms with van der Waals surface area (Å²) in [5, 5.41) is 9.77. The van der Waals surface area contributed by atoms with E-state index < -0.39 is 0 Å². The SMILES string of the molecule is CN(O)Cc1ncc[nH]1. The van der Waals surface area contributed by atoms with E-state index in [-0.39, 0.29) is 0 Å². The lowest BCUT2D eigenvalue weighted by Gasteiger charge is -2.02. The Kier molecular flexibility index (Phi) is 1.81. The second kappa shape index (κ2) is 2.61. The summed E-state index contributed by atoms with van der Waals surface area (Å²) in [6.45, 7) is 0.438. The second-order valence-corrected chi connectivity index (χ2v) is 1.85. The van der Waals surface area contributed by atoms with E-state index in [0.29, 0.717) is 6.54 Å². The number of rotatable bonds is 2. The molecule has 4 nitrogen and oxygen atoms in total. The van der Waals surface area contributed by atoms with Crippen LogP contribution in [-0.2, 0) is 6.54 Å². The predicted molar refractivity (Wildman–Crippen MR) is 31.8 cm³/mol. The van der Waals surface area contributed by atoms with Crippen molar-refractivity contribution in [2.45, 2.75) is 6.54 Å². The molecule has 0 aliphatic carbocycles. The minimum Gasteiger partial charge on any atom is -0.347 e. The molecule has 50 valence electrons. The molecular formula is C5H9N3O. The van der Waals surface area contributed by atoms with Crippen LogP contribution in [-0.4, -0.2) is 27.3 Å². The van der Waals surface area contributed by atoms with Crippen LogP contribution in [0.15, 0.2) is 12.4 Å². The average Bonchev–Trinajstić information content (AvgIpc) is 2.15. The highest BCUT2D eigenvalue weighted by Crippen LogP contribution is 1.90. The number of H-pyrrole nitrogens is 1. The molecule has 1 heterocycles. The lowest BCUT2D eigenvalue weighted by Crippen LogP contribution is -2.12. The van der Waals surface area contributed by atoms with Crippen LogP contribution >= 0.6 is 0 Å². The molecule has 0 radical (unpaired) electrons. The van der Waals surface area contributed by atoms with Gasteiger partial charge in [-0.1, -0.05) is 0 Å². The van der Waals surface area contributed by atoms with Crippen LogP contribution in [0.5, 0.6) is 0 Å². The van der Waals surface area contributed by atoms with Gasteiger partial charge in [0.15, 0.2) is 0 Å². The zero-order chi connectivity index (χ0) is 6.69. The number of aromatic amines is 1. The first kappa shape index (κ1) is 6.25. The number of hydroxylamine groups is 2. The summed E-state index contributed by atoms with van der Waals surface area (Å²) >= 11 is 0. The molecule has 4 heteroatoms. The maximum absolute atomic E-state index is 8.70. The van der Waals surface area contributed by atoms with Gasteiger partial charge in [0.2, 0.25) is 0 Å². The summed E-state index contributed by atoms with van der Waals surface area (Å²) in [6, 6.07) is 0. The monoisotopic (exact) mass is 127 g/mol. The molecule has 0 atom stereocenters. The maximum Gasteiger partial charge on any atom is 0.122 e. The zero-order valence-corrected chi connectivity index (χ0v) is 5.20. The molecule has 0 aromatic carbocycles. The molecule has 0 spiro atoms. The Hall–Kier alpha value is -0.870. The Labute approximate surface area is 53.1 Å². The average molecular weight is 127 g/mol. The molecule has 0 fully saturated rings. The maximum atomic E-state index is 8.70. The topological polar surface area (TPSA) is 52.1 Å². The first-order chi connectivity index (χ1) is 4.29. The molecule has 0 aliphatic heterocycles. The van der Waals surface area contributed by atoms with Crippen LogP contribution in [0.4, 0.5) is 0 Å². The third-order valence-corrected chi connectivity index (χ3v) is 0.933. The van der Waals surface area contributed by atoms with Gasteiger partial charge in [0.25, 0.3) is 0 Å². The van der Waals surface area contributed by atoms with Gasteiger partial charge in [-0.05, 0) is 0 Å². The molecule has 1 rings (SSSR count). The van der Waals surface area contributed by atoms with Gasteiger partial charge >= 0.3 is 0 Å². The Morgan fingerprint density at radius 3 is 3.11 bits per heavy atom. The van der Waals surface area contributed by atoms with E-state index in [4.69, 9.17) is 5.21 Å². The Balaban J connectivity index is 2.48. The van der Waals surface area contributed by atoms with Crippen molar-refractivity contribution in [2.75, 3.05) is 7.05 Å². The van der Waals surface area contributed by atoms with Gasteiger partial charge in [-0.25, -0.2) is 4.98 Å².